The fourth-order valence-electron chi connectivity index (χ4n) is 4.82. The Bertz CT molecular complexity index is 1480. The molecule has 0 unspecified atom stereocenters. The van der Waals surface area contributed by atoms with Gasteiger partial charge in [-0.1, -0.05) is 66.7 Å². The van der Waals surface area contributed by atoms with Gasteiger partial charge >= 0.3 is 12.4 Å². The SMILES string of the molecule is CC1=C(C(=O)c2ccccc2)[C@@](NC(=O)c2cccc(C(F)(F)F)c2)(C(F)(F)F)C(=O)N1CCCc1ccccc1. The highest BCUT2D eigenvalue weighted by Crippen LogP contribution is 2.46. The van der Waals surface area contributed by atoms with Crippen LogP contribution in [-0.2, 0) is 17.4 Å². The minimum absolute atomic E-state index is 0.164. The van der Waals surface area contributed by atoms with Gasteiger partial charge in [0.1, 0.15) is 0 Å². The number of Topliss-reactive ketones (excluding diaryl/α,β-unsaturated/α-hetero) is 1. The molecule has 5 nitrogen and oxygen atoms in total. The molecule has 1 aliphatic rings. The number of benzene rings is 3. The summed E-state index contributed by atoms with van der Waals surface area (Å²) < 4.78 is 84.8. The van der Waals surface area contributed by atoms with E-state index in [0.717, 1.165) is 22.6 Å². The fraction of sp³-hybridized carbons (Fsp3) is 0.233. The number of allylic oxidation sites excluding steroid dienone is 1. The van der Waals surface area contributed by atoms with Crippen LogP contribution in [0.3, 0.4) is 0 Å². The molecule has 4 rings (SSSR count). The van der Waals surface area contributed by atoms with Crippen LogP contribution in [0.4, 0.5) is 26.3 Å². The first kappa shape index (κ1) is 29.6. The molecule has 214 valence electrons. The van der Waals surface area contributed by atoms with E-state index in [1.165, 1.54) is 31.2 Å². The molecule has 0 aliphatic carbocycles. The van der Waals surface area contributed by atoms with Crippen molar-refractivity contribution in [3.8, 4) is 0 Å². The maximum atomic E-state index is 15.0. The van der Waals surface area contributed by atoms with Crippen LogP contribution in [0, 0.1) is 0 Å². The molecule has 0 aromatic heterocycles. The molecule has 1 heterocycles. The Morgan fingerprint density at radius 1 is 0.829 bits per heavy atom. The van der Waals surface area contributed by atoms with Crippen LogP contribution in [0.5, 0.6) is 0 Å². The fourth-order valence-corrected chi connectivity index (χ4v) is 4.82. The predicted octanol–water partition coefficient (Wildman–Crippen LogP) is 6.37. The average molecular weight is 575 g/mol. The highest BCUT2D eigenvalue weighted by atomic mass is 19.4. The van der Waals surface area contributed by atoms with Crippen LogP contribution in [0.25, 0.3) is 0 Å². The Morgan fingerprint density at radius 2 is 1.41 bits per heavy atom. The van der Waals surface area contributed by atoms with Gasteiger partial charge in [0, 0.05) is 23.4 Å². The van der Waals surface area contributed by atoms with Crippen molar-refractivity contribution in [2.75, 3.05) is 6.54 Å². The summed E-state index contributed by atoms with van der Waals surface area (Å²) in [5.74, 6) is -4.36. The Balaban J connectivity index is 1.79. The molecule has 1 atom stereocenters. The zero-order valence-corrected chi connectivity index (χ0v) is 21.6. The number of nitrogens with zero attached hydrogens (tertiary/aromatic N) is 1. The van der Waals surface area contributed by atoms with Crippen LogP contribution < -0.4 is 5.32 Å². The topological polar surface area (TPSA) is 66.5 Å². The maximum absolute atomic E-state index is 15.0. The molecule has 0 saturated heterocycles. The summed E-state index contributed by atoms with van der Waals surface area (Å²) in [6.07, 6.45) is -9.76. The molecule has 1 aliphatic heterocycles. The number of hydrogen-bond donors (Lipinski definition) is 1. The lowest BCUT2D eigenvalue weighted by Crippen LogP contribution is -2.66. The van der Waals surface area contributed by atoms with E-state index >= 15 is 13.2 Å². The second kappa shape index (κ2) is 11.2. The van der Waals surface area contributed by atoms with Gasteiger partial charge in [0.2, 0.25) is 5.54 Å². The lowest BCUT2D eigenvalue weighted by Gasteiger charge is -2.33. The van der Waals surface area contributed by atoms with Gasteiger partial charge in [0.15, 0.2) is 5.78 Å². The number of halogens is 6. The highest BCUT2D eigenvalue weighted by Gasteiger charge is 2.70. The normalized spacial score (nSPS) is 17.6. The van der Waals surface area contributed by atoms with E-state index in [4.69, 9.17) is 0 Å². The van der Waals surface area contributed by atoms with Crippen LogP contribution in [0.15, 0.2) is 96.2 Å². The molecule has 11 heteroatoms. The minimum Gasteiger partial charge on any atom is -0.326 e. The average Bonchev–Trinajstić information content (AvgIpc) is 3.15. The number of rotatable bonds is 8. The van der Waals surface area contributed by atoms with Gasteiger partial charge < -0.3 is 10.2 Å². The van der Waals surface area contributed by atoms with Crippen LogP contribution >= 0.6 is 0 Å². The van der Waals surface area contributed by atoms with E-state index in [2.05, 4.69) is 0 Å². The Morgan fingerprint density at radius 3 is 2.00 bits per heavy atom. The van der Waals surface area contributed by atoms with E-state index in [1.807, 2.05) is 12.1 Å². The third kappa shape index (κ3) is 5.75. The molecule has 0 bridgehead atoms. The summed E-state index contributed by atoms with van der Waals surface area (Å²) in [7, 11) is 0. The molecule has 0 fully saturated rings. The first-order chi connectivity index (χ1) is 19.3. The Labute approximate surface area is 231 Å². The number of hydrogen-bond acceptors (Lipinski definition) is 3. The Kier molecular flexibility index (Phi) is 8.10. The zero-order chi connectivity index (χ0) is 30.0. The molecule has 41 heavy (non-hydrogen) atoms. The van der Waals surface area contributed by atoms with Gasteiger partial charge in [-0.15, -0.1) is 0 Å². The number of carbonyl (C=O) groups excluding carboxylic acids is 3. The van der Waals surface area contributed by atoms with E-state index < -0.39 is 52.2 Å². The smallest absolute Gasteiger partial charge is 0.326 e. The van der Waals surface area contributed by atoms with Crippen molar-refractivity contribution in [2.45, 2.75) is 37.7 Å². The van der Waals surface area contributed by atoms with E-state index in [9.17, 15) is 27.6 Å². The maximum Gasteiger partial charge on any atom is 0.425 e. The molecule has 1 N–H and O–H groups in total. The van der Waals surface area contributed by atoms with Crippen molar-refractivity contribution >= 4 is 17.6 Å². The molecule has 0 saturated carbocycles. The second-order valence-corrected chi connectivity index (χ2v) is 9.48. The Hall–Kier alpha value is -4.41. The van der Waals surface area contributed by atoms with Crippen molar-refractivity contribution in [3.05, 3.63) is 118 Å². The number of carbonyl (C=O) groups is 3. The number of amides is 2. The standard InChI is InChI=1S/C30H24F6N2O3/c1-19-24(25(39)21-13-6-3-7-14-21)28(30(34,35)36,27(41)38(19)17-9-12-20-10-4-2-5-11-20)37-26(40)22-15-8-16-23(18-22)29(31,32)33/h2-8,10-11,13-16,18H,9,12,17H2,1H3,(H,37,40)/t28-/m0/s1. The largest absolute Gasteiger partial charge is 0.425 e. The van der Waals surface area contributed by atoms with Gasteiger partial charge in [-0.25, -0.2) is 0 Å². The highest BCUT2D eigenvalue weighted by molar-refractivity contribution is 6.19. The van der Waals surface area contributed by atoms with E-state index in [-0.39, 0.29) is 24.2 Å². The molecule has 3 aromatic rings. The van der Waals surface area contributed by atoms with Gasteiger partial charge in [-0.3, -0.25) is 14.4 Å². The minimum atomic E-state index is -5.53. The molecule has 2 amide bonds. The zero-order valence-electron chi connectivity index (χ0n) is 21.6. The molecule has 0 spiro atoms. The second-order valence-electron chi connectivity index (χ2n) is 9.48. The quantitative estimate of drug-likeness (QED) is 0.251. The summed E-state index contributed by atoms with van der Waals surface area (Å²) in [4.78, 5) is 41.2. The lowest BCUT2D eigenvalue weighted by molar-refractivity contribution is -0.189. The van der Waals surface area contributed by atoms with Gasteiger partial charge in [-0.2, -0.15) is 26.3 Å². The third-order valence-corrected chi connectivity index (χ3v) is 6.84. The number of ketones is 1. The third-order valence-electron chi connectivity index (χ3n) is 6.84. The first-order valence-corrected chi connectivity index (χ1v) is 12.5. The number of alkyl halides is 6. The molecular formula is C30H24F6N2O3. The van der Waals surface area contributed by atoms with Crippen molar-refractivity contribution in [1.29, 1.82) is 0 Å². The molecule has 3 aromatic carbocycles. The van der Waals surface area contributed by atoms with Crippen LogP contribution in [-0.4, -0.2) is 40.8 Å². The van der Waals surface area contributed by atoms with Crippen molar-refractivity contribution < 1.29 is 40.7 Å². The van der Waals surface area contributed by atoms with Crippen molar-refractivity contribution in [1.82, 2.24) is 10.2 Å². The van der Waals surface area contributed by atoms with Crippen molar-refractivity contribution in [2.24, 2.45) is 0 Å². The lowest BCUT2D eigenvalue weighted by atomic mass is 9.84. The predicted molar refractivity (Wildman–Crippen MR) is 138 cm³/mol. The summed E-state index contributed by atoms with van der Waals surface area (Å²) in [6.45, 7) is 0.975. The van der Waals surface area contributed by atoms with E-state index in [0.29, 0.717) is 18.6 Å². The molecule has 0 radical (unpaired) electrons. The summed E-state index contributed by atoms with van der Waals surface area (Å²) in [5, 5.41) is 1.65. The van der Waals surface area contributed by atoms with Crippen molar-refractivity contribution in [3.63, 3.8) is 0 Å². The molecular weight excluding hydrogens is 550 g/mol. The van der Waals surface area contributed by atoms with Crippen LogP contribution in [0.1, 0.15) is 45.2 Å². The van der Waals surface area contributed by atoms with E-state index in [1.54, 1.807) is 29.6 Å². The first-order valence-electron chi connectivity index (χ1n) is 12.5. The summed E-state index contributed by atoms with van der Waals surface area (Å²) in [5.41, 5.74) is -6.46. The number of nitrogens with one attached hydrogen (secondary N) is 1. The van der Waals surface area contributed by atoms with Gasteiger partial charge in [-0.05, 0) is 43.5 Å². The van der Waals surface area contributed by atoms with Gasteiger partial charge in [0.05, 0.1) is 11.1 Å². The summed E-state index contributed by atoms with van der Waals surface area (Å²) >= 11 is 0. The van der Waals surface area contributed by atoms with Crippen LogP contribution in [0.2, 0.25) is 0 Å². The number of aryl methyl sites for hydroxylation is 1. The van der Waals surface area contributed by atoms with Gasteiger partial charge in [0.25, 0.3) is 11.8 Å². The summed E-state index contributed by atoms with van der Waals surface area (Å²) in [6, 6.07) is 18.7. The monoisotopic (exact) mass is 574 g/mol.